The number of aliphatic hydroxyl groups is 1. The second kappa shape index (κ2) is 9.28. The van der Waals surface area contributed by atoms with Gasteiger partial charge in [-0.15, -0.1) is 10.2 Å². The van der Waals surface area contributed by atoms with Crippen molar-refractivity contribution in [2.75, 3.05) is 6.61 Å². The molecule has 0 spiro atoms. The standard InChI is InChI=1S/C12H18N6O8/c13-4(1-8(21)22)9-17-18-10(26-9)5(2-7(14)20)15-12(25)16-6(3-19)11(23)24/h4-6,19H,1-3,13H2,(H2,14,20)(H,21,22)(H,23,24)(H2,15,16,25)/t4-,5-,6-/m0/s1. The van der Waals surface area contributed by atoms with Gasteiger partial charge in [0.25, 0.3) is 0 Å². The quantitative estimate of drug-likeness (QED) is 0.220. The number of primary amides is 1. The van der Waals surface area contributed by atoms with Crippen molar-refractivity contribution in [1.29, 1.82) is 0 Å². The minimum atomic E-state index is -1.58. The van der Waals surface area contributed by atoms with Crippen molar-refractivity contribution in [3.8, 4) is 0 Å². The topological polar surface area (TPSA) is 244 Å². The van der Waals surface area contributed by atoms with E-state index in [1.807, 2.05) is 5.32 Å². The third kappa shape index (κ3) is 6.33. The molecule has 26 heavy (non-hydrogen) atoms. The summed E-state index contributed by atoms with van der Waals surface area (Å²) in [7, 11) is 0. The molecule has 144 valence electrons. The molecule has 1 rings (SSSR count). The lowest BCUT2D eigenvalue weighted by Crippen LogP contribution is -2.49. The van der Waals surface area contributed by atoms with Crippen LogP contribution in [-0.4, -0.2) is 62.0 Å². The van der Waals surface area contributed by atoms with Crippen LogP contribution >= 0.6 is 0 Å². The zero-order valence-electron chi connectivity index (χ0n) is 13.3. The molecule has 0 aromatic carbocycles. The molecular weight excluding hydrogens is 356 g/mol. The molecule has 9 N–H and O–H groups in total. The molecule has 0 radical (unpaired) electrons. The first-order chi connectivity index (χ1) is 12.1. The molecule has 0 unspecified atom stereocenters. The van der Waals surface area contributed by atoms with Crippen LogP contribution in [0.4, 0.5) is 4.79 Å². The highest BCUT2D eigenvalue weighted by atomic mass is 16.4. The van der Waals surface area contributed by atoms with Gasteiger partial charge in [0.2, 0.25) is 17.7 Å². The van der Waals surface area contributed by atoms with Gasteiger partial charge in [-0.3, -0.25) is 9.59 Å². The number of urea groups is 1. The van der Waals surface area contributed by atoms with Crippen molar-refractivity contribution in [2.24, 2.45) is 11.5 Å². The fourth-order valence-electron chi connectivity index (χ4n) is 1.76. The Kier molecular flexibility index (Phi) is 7.42. The summed E-state index contributed by atoms with van der Waals surface area (Å²) in [6, 6.07) is -4.96. The highest BCUT2D eigenvalue weighted by Crippen LogP contribution is 2.19. The molecular formula is C12H18N6O8. The number of aliphatic hydroxyl groups excluding tert-OH is 1. The van der Waals surface area contributed by atoms with Crippen LogP contribution in [0, 0.1) is 0 Å². The molecule has 3 amide bonds. The van der Waals surface area contributed by atoms with Crippen LogP contribution in [0.3, 0.4) is 0 Å². The van der Waals surface area contributed by atoms with Gasteiger partial charge in [0.15, 0.2) is 6.04 Å². The van der Waals surface area contributed by atoms with Gasteiger partial charge in [-0.2, -0.15) is 0 Å². The van der Waals surface area contributed by atoms with E-state index in [0.29, 0.717) is 0 Å². The van der Waals surface area contributed by atoms with Gasteiger partial charge in [-0.05, 0) is 0 Å². The average molecular weight is 374 g/mol. The Hall–Kier alpha value is -3.26. The smallest absolute Gasteiger partial charge is 0.328 e. The first-order valence-corrected chi connectivity index (χ1v) is 7.13. The molecule has 0 aliphatic rings. The Morgan fingerprint density at radius 3 is 2.19 bits per heavy atom. The molecule has 14 nitrogen and oxygen atoms in total. The lowest BCUT2D eigenvalue weighted by atomic mass is 10.2. The highest BCUT2D eigenvalue weighted by molar-refractivity contribution is 5.83. The van der Waals surface area contributed by atoms with E-state index in [-0.39, 0.29) is 11.8 Å². The number of amides is 3. The van der Waals surface area contributed by atoms with Crippen LogP contribution in [0.25, 0.3) is 0 Å². The number of carboxylic acid groups (broad SMARTS) is 2. The van der Waals surface area contributed by atoms with E-state index in [0.717, 1.165) is 0 Å². The zero-order valence-corrected chi connectivity index (χ0v) is 13.3. The van der Waals surface area contributed by atoms with Gasteiger partial charge in [-0.1, -0.05) is 0 Å². The maximum Gasteiger partial charge on any atom is 0.328 e. The average Bonchev–Trinajstić information content (AvgIpc) is 3.00. The number of carboxylic acids is 2. The number of nitrogens with two attached hydrogens (primary N) is 2. The maximum absolute atomic E-state index is 11.8. The molecule has 0 aliphatic heterocycles. The number of nitrogens with one attached hydrogen (secondary N) is 2. The van der Waals surface area contributed by atoms with E-state index >= 15 is 0 Å². The van der Waals surface area contributed by atoms with E-state index in [1.165, 1.54) is 0 Å². The second-order valence-electron chi connectivity index (χ2n) is 5.10. The number of hydrogen-bond acceptors (Lipinski definition) is 9. The summed E-state index contributed by atoms with van der Waals surface area (Å²) >= 11 is 0. The molecule has 1 heterocycles. The lowest BCUT2D eigenvalue weighted by molar-refractivity contribution is -0.140. The largest absolute Gasteiger partial charge is 0.481 e. The number of hydrogen-bond donors (Lipinski definition) is 7. The van der Waals surface area contributed by atoms with Crippen molar-refractivity contribution < 1.29 is 38.9 Å². The molecule has 1 aromatic heterocycles. The fraction of sp³-hybridized carbons (Fsp3) is 0.500. The molecule has 0 fully saturated rings. The maximum atomic E-state index is 11.8. The molecule has 1 aromatic rings. The Labute approximate surface area is 145 Å². The minimum absolute atomic E-state index is 0.238. The summed E-state index contributed by atoms with van der Waals surface area (Å²) in [6.45, 7) is -0.863. The van der Waals surface area contributed by atoms with Crippen molar-refractivity contribution in [3.05, 3.63) is 11.8 Å². The Morgan fingerprint density at radius 1 is 1.08 bits per heavy atom. The summed E-state index contributed by atoms with van der Waals surface area (Å²) in [4.78, 5) is 44.4. The van der Waals surface area contributed by atoms with Crippen molar-refractivity contribution in [1.82, 2.24) is 20.8 Å². The molecule has 0 bridgehead atoms. The van der Waals surface area contributed by atoms with E-state index in [9.17, 15) is 19.2 Å². The molecule has 3 atom stereocenters. The third-order valence-corrected chi connectivity index (χ3v) is 2.96. The van der Waals surface area contributed by atoms with Crippen molar-refractivity contribution in [3.63, 3.8) is 0 Å². The van der Waals surface area contributed by atoms with Gasteiger partial charge in [0.05, 0.1) is 25.5 Å². The lowest BCUT2D eigenvalue weighted by Gasteiger charge is -2.17. The van der Waals surface area contributed by atoms with Crippen molar-refractivity contribution >= 4 is 23.9 Å². The normalized spacial score (nSPS) is 14.1. The fourth-order valence-corrected chi connectivity index (χ4v) is 1.76. The summed E-state index contributed by atoms with van der Waals surface area (Å²) < 4.78 is 5.16. The monoisotopic (exact) mass is 374 g/mol. The van der Waals surface area contributed by atoms with E-state index in [2.05, 4.69) is 15.5 Å². The Balaban J connectivity index is 2.88. The summed E-state index contributed by atoms with van der Waals surface area (Å²) in [5.41, 5.74) is 10.6. The third-order valence-electron chi connectivity index (χ3n) is 2.96. The first kappa shape index (κ1) is 20.8. The van der Waals surface area contributed by atoms with Crippen LogP contribution in [0.5, 0.6) is 0 Å². The number of carbonyl (C=O) groups excluding carboxylic acids is 2. The van der Waals surface area contributed by atoms with E-state index < -0.39 is 61.5 Å². The minimum Gasteiger partial charge on any atom is -0.481 e. The van der Waals surface area contributed by atoms with Crippen LogP contribution in [0.2, 0.25) is 0 Å². The predicted octanol–water partition coefficient (Wildman–Crippen LogP) is -2.79. The Morgan fingerprint density at radius 2 is 1.69 bits per heavy atom. The van der Waals surface area contributed by atoms with Gasteiger partial charge in [0.1, 0.15) is 6.04 Å². The van der Waals surface area contributed by atoms with Crippen LogP contribution in [0.15, 0.2) is 4.42 Å². The van der Waals surface area contributed by atoms with Crippen LogP contribution in [-0.2, 0) is 14.4 Å². The molecule has 14 heteroatoms. The van der Waals surface area contributed by atoms with Crippen LogP contribution in [0.1, 0.15) is 36.7 Å². The van der Waals surface area contributed by atoms with Gasteiger partial charge in [-0.25, -0.2) is 9.59 Å². The number of rotatable bonds is 10. The SMILES string of the molecule is NC(=O)C[C@H](NC(=O)N[C@@H](CO)C(=O)O)c1nnc([C@@H](N)CC(=O)O)o1. The summed E-state index contributed by atoms with van der Waals surface area (Å²) in [5.74, 6) is -4.05. The van der Waals surface area contributed by atoms with E-state index in [4.69, 9.17) is 31.2 Å². The van der Waals surface area contributed by atoms with E-state index in [1.54, 1.807) is 0 Å². The first-order valence-electron chi connectivity index (χ1n) is 7.13. The second-order valence-corrected chi connectivity index (χ2v) is 5.10. The van der Waals surface area contributed by atoms with Gasteiger partial charge < -0.3 is 41.8 Å². The van der Waals surface area contributed by atoms with Crippen LogP contribution < -0.4 is 22.1 Å². The predicted molar refractivity (Wildman–Crippen MR) is 80.2 cm³/mol. The summed E-state index contributed by atoms with van der Waals surface area (Å²) in [6.07, 6.45) is -0.965. The molecule has 0 saturated carbocycles. The number of nitrogens with zero attached hydrogens (tertiary/aromatic N) is 2. The highest BCUT2D eigenvalue weighted by Gasteiger charge is 2.27. The van der Waals surface area contributed by atoms with Gasteiger partial charge in [0, 0.05) is 0 Å². The van der Waals surface area contributed by atoms with Crippen molar-refractivity contribution in [2.45, 2.75) is 31.0 Å². The summed E-state index contributed by atoms with van der Waals surface area (Å²) in [5, 5.41) is 37.6. The number of aromatic nitrogens is 2. The Bertz CT molecular complexity index is 676. The zero-order chi connectivity index (χ0) is 19.9. The molecule has 0 aliphatic carbocycles. The van der Waals surface area contributed by atoms with Gasteiger partial charge >= 0.3 is 18.0 Å². The number of aliphatic carboxylic acids is 2. The molecule has 0 saturated heterocycles. The number of carbonyl (C=O) groups is 4.